The van der Waals surface area contributed by atoms with Gasteiger partial charge in [0.2, 0.25) is 0 Å². The summed E-state index contributed by atoms with van der Waals surface area (Å²) in [6.45, 7) is 5.34. The van der Waals surface area contributed by atoms with Crippen molar-refractivity contribution in [2.45, 2.75) is 26.9 Å². The Kier molecular flexibility index (Phi) is 7.10. The molecule has 0 fully saturated rings. The van der Waals surface area contributed by atoms with Crippen LogP contribution >= 0.6 is 11.6 Å². The number of hydrogen-bond acceptors (Lipinski definition) is 5. The Morgan fingerprint density at radius 2 is 1.87 bits per heavy atom. The highest BCUT2D eigenvalue weighted by molar-refractivity contribution is 6.32. The maximum atomic E-state index is 12.4. The van der Waals surface area contributed by atoms with Crippen molar-refractivity contribution in [2.75, 3.05) is 5.32 Å². The normalized spacial score (nSPS) is 12.2. The second kappa shape index (κ2) is 9.95. The van der Waals surface area contributed by atoms with Crippen molar-refractivity contribution in [3.8, 4) is 5.75 Å². The summed E-state index contributed by atoms with van der Waals surface area (Å²) in [7, 11) is 0. The molecule has 1 heterocycles. The number of rotatable bonds is 7. The van der Waals surface area contributed by atoms with E-state index >= 15 is 0 Å². The molecule has 2 N–H and O–H groups in total. The number of hydrogen-bond donors (Lipinski definition) is 2. The number of ether oxygens (including phenoxy) is 1. The molecule has 31 heavy (non-hydrogen) atoms. The minimum atomic E-state index is -0.736. The Hall–Kier alpha value is -3.58. The van der Waals surface area contributed by atoms with Crippen LogP contribution < -0.4 is 15.5 Å². The minimum absolute atomic E-state index is 0.179. The minimum Gasteiger partial charge on any atom is -0.479 e. The summed E-state index contributed by atoms with van der Waals surface area (Å²) in [6.07, 6.45) is 0.680. The largest absolute Gasteiger partial charge is 0.479 e. The zero-order chi connectivity index (χ0) is 22.4. The molecular formula is C23H22ClN3O4. The van der Waals surface area contributed by atoms with Crippen LogP contribution in [0.5, 0.6) is 5.75 Å². The molecule has 0 aliphatic carbocycles. The lowest BCUT2D eigenvalue weighted by molar-refractivity contribution is -0.122. The number of halogens is 1. The zero-order valence-electron chi connectivity index (χ0n) is 17.3. The van der Waals surface area contributed by atoms with Gasteiger partial charge in [0.15, 0.2) is 11.9 Å². The fraction of sp³-hybridized carbons (Fsp3) is 0.174. The van der Waals surface area contributed by atoms with Gasteiger partial charge < -0.3 is 14.5 Å². The molecule has 0 spiro atoms. The van der Waals surface area contributed by atoms with Crippen molar-refractivity contribution in [2.24, 2.45) is 5.10 Å². The smallest absolute Gasteiger partial charge is 0.307 e. The highest BCUT2D eigenvalue weighted by Gasteiger charge is 2.16. The SMILES string of the molecule is C/C(=N\NC(=O)c1ccco1)c1ccc(NC(=O)C(C)Oc2ccc(C)cc2Cl)cc1. The molecule has 8 heteroatoms. The van der Waals surface area contributed by atoms with Crippen molar-refractivity contribution in [1.29, 1.82) is 0 Å². The van der Waals surface area contributed by atoms with Crippen molar-refractivity contribution in [1.82, 2.24) is 5.43 Å². The highest BCUT2D eigenvalue weighted by Crippen LogP contribution is 2.26. The third-order valence-electron chi connectivity index (χ3n) is 4.40. The molecule has 0 saturated carbocycles. The van der Waals surface area contributed by atoms with E-state index in [4.69, 9.17) is 20.8 Å². The monoisotopic (exact) mass is 439 g/mol. The van der Waals surface area contributed by atoms with Gasteiger partial charge >= 0.3 is 5.91 Å². The molecule has 160 valence electrons. The van der Waals surface area contributed by atoms with Gasteiger partial charge in [0.05, 0.1) is 17.0 Å². The Balaban J connectivity index is 1.57. The molecule has 0 radical (unpaired) electrons. The summed E-state index contributed by atoms with van der Waals surface area (Å²) in [4.78, 5) is 24.3. The number of hydrazone groups is 1. The van der Waals surface area contributed by atoms with Crippen LogP contribution in [0.4, 0.5) is 5.69 Å². The van der Waals surface area contributed by atoms with E-state index in [1.807, 2.05) is 13.0 Å². The summed E-state index contributed by atoms with van der Waals surface area (Å²) in [5, 5.41) is 7.32. The van der Waals surface area contributed by atoms with Crippen LogP contribution in [-0.2, 0) is 4.79 Å². The topological polar surface area (TPSA) is 92.9 Å². The van der Waals surface area contributed by atoms with Gasteiger partial charge in [-0.15, -0.1) is 0 Å². The van der Waals surface area contributed by atoms with Gasteiger partial charge in [0, 0.05) is 5.69 Å². The molecular weight excluding hydrogens is 418 g/mol. The van der Waals surface area contributed by atoms with Crippen LogP contribution in [0.3, 0.4) is 0 Å². The van der Waals surface area contributed by atoms with E-state index in [-0.39, 0.29) is 11.7 Å². The first-order chi connectivity index (χ1) is 14.8. The maximum Gasteiger partial charge on any atom is 0.307 e. The van der Waals surface area contributed by atoms with E-state index in [0.29, 0.717) is 22.2 Å². The van der Waals surface area contributed by atoms with Crippen LogP contribution in [0.15, 0.2) is 70.4 Å². The van der Waals surface area contributed by atoms with E-state index in [0.717, 1.165) is 11.1 Å². The fourth-order valence-electron chi connectivity index (χ4n) is 2.65. The van der Waals surface area contributed by atoms with E-state index in [2.05, 4.69) is 15.8 Å². The Morgan fingerprint density at radius 3 is 2.52 bits per heavy atom. The lowest BCUT2D eigenvalue weighted by atomic mass is 10.1. The first-order valence-electron chi connectivity index (χ1n) is 9.55. The second-order valence-electron chi connectivity index (χ2n) is 6.88. The standard InChI is InChI=1S/C23H22ClN3O4/c1-14-6-11-20(19(24)13-14)31-16(3)22(28)25-18-9-7-17(8-10-18)15(2)26-27-23(29)21-5-4-12-30-21/h4-13,16H,1-3H3,(H,25,28)(H,27,29)/b26-15+. The lowest BCUT2D eigenvalue weighted by Crippen LogP contribution is -2.30. The summed E-state index contributed by atoms with van der Waals surface area (Å²) >= 11 is 6.16. The van der Waals surface area contributed by atoms with Crippen LogP contribution in [0.2, 0.25) is 5.02 Å². The molecule has 7 nitrogen and oxygen atoms in total. The number of furan rings is 1. The average molecular weight is 440 g/mol. The highest BCUT2D eigenvalue weighted by atomic mass is 35.5. The quantitative estimate of drug-likeness (QED) is 0.408. The molecule has 1 aromatic heterocycles. The van der Waals surface area contributed by atoms with Gasteiger partial charge in [0.1, 0.15) is 5.75 Å². The molecule has 3 aromatic rings. The summed E-state index contributed by atoms with van der Waals surface area (Å²) < 4.78 is 10.7. The van der Waals surface area contributed by atoms with Gasteiger partial charge in [-0.25, -0.2) is 5.43 Å². The number of aryl methyl sites for hydroxylation is 1. The molecule has 2 amide bonds. The van der Waals surface area contributed by atoms with Crippen molar-refractivity contribution < 1.29 is 18.7 Å². The Labute approximate surface area is 185 Å². The number of nitrogens with one attached hydrogen (secondary N) is 2. The van der Waals surface area contributed by atoms with Gasteiger partial charge in [-0.3, -0.25) is 9.59 Å². The predicted octanol–water partition coefficient (Wildman–Crippen LogP) is 4.80. The van der Waals surface area contributed by atoms with Crippen LogP contribution in [-0.4, -0.2) is 23.6 Å². The molecule has 0 bridgehead atoms. The summed E-state index contributed by atoms with van der Waals surface area (Å²) in [5.74, 6) is -0.108. The van der Waals surface area contributed by atoms with Gasteiger partial charge in [-0.2, -0.15) is 5.10 Å². The average Bonchev–Trinajstić information content (AvgIpc) is 3.29. The zero-order valence-corrected chi connectivity index (χ0v) is 18.1. The van der Waals surface area contributed by atoms with E-state index in [9.17, 15) is 9.59 Å². The van der Waals surface area contributed by atoms with E-state index in [1.54, 1.807) is 62.4 Å². The molecule has 3 rings (SSSR count). The molecule has 1 atom stereocenters. The van der Waals surface area contributed by atoms with Crippen LogP contribution in [0, 0.1) is 6.92 Å². The van der Waals surface area contributed by atoms with Crippen LogP contribution in [0.1, 0.15) is 35.5 Å². The number of amides is 2. The van der Waals surface area contributed by atoms with Crippen molar-refractivity contribution in [3.05, 3.63) is 82.8 Å². The van der Waals surface area contributed by atoms with Crippen molar-refractivity contribution in [3.63, 3.8) is 0 Å². The number of benzene rings is 2. The Morgan fingerprint density at radius 1 is 1.13 bits per heavy atom. The Bertz CT molecular complexity index is 1090. The number of carbonyl (C=O) groups is 2. The predicted molar refractivity (Wildman–Crippen MR) is 120 cm³/mol. The summed E-state index contributed by atoms with van der Waals surface area (Å²) in [5.41, 5.74) is 5.43. The molecule has 0 saturated heterocycles. The van der Waals surface area contributed by atoms with Gasteiger partial charge in [-0.1, -0.05) is 29.8 Å². The third kappa shape index (κ3) is 5.96. The number of anilines is 1. The molecule has 0 aliphatic heterocycles. The fourth-order valence-corrected chi connectivity index (χ4v) is 2.93. The number of nitrogens with zero attached hydrogens (tertiary/aromatic N) is 1. The lowest BCUT2D eigenvalue weighted by Gasteiger charge is -2.16. The number of carbonyl (C=O) groups excluding carboxylic acids is 2. The van der Waals surface area contributed by atoms with Crippen LogP contribution in [0.25, 0.3) is 0 Å². The van der Waals surface area contributed by atoms with Gasteiger partial charge in [-0.05, 0) is 68.3 Å². The first kappa shape index (κ1) is 22.1. The van der Waals surface area contributed by atoms with E-state index in [1.165, 1.54) is 6.26 Å². The molecule has 1 unspecified atom stereocenters. The third-order valence-corrected chi connectivity index (χ3v) is 4.70. The van der Waals surface area contributed by atoms with Crippen molar-refractivity contribution >= 4 is 34.8 Å². The first-order valence-corrected chi connectivity index (χ1v) is 9.93. The second-order valence-corrected chi connectivity index (χ2v) is 7.28. The molecule has 0 aliphatic rings. The maximum absolute atomic E-state index is 12.4. The van der Waals surface area contributed by atoms with E-state index < -0.39 is 12.0 Å². The van der Waals surface area contributed by atoms with Gasteiger partial charge in [0.25, 0.3) is 5.91 Å². The molecule has 2 aromatic carbocycles. The summed E-state index contributed by atoms with van der Waals surface area (Å²) in [6, 6.07) is 15.6.